The van der Waals surface area contributed by atoms with Crippen molar-refractivity contribution in [2.75, 3.05) is 0 Å². The molecular weight excluding hydrogens is 238 g/mol. The predicted octanol–water partition coefficient (Wildman–Crippen LogP) is 2.34. The summed E-state index contributed by atoms with van der Waals surface area (Å²) in [4.78, 5) is 8.72. The van der Waals surface area contributed by atoms with Gasteiger partial charge in [0.1, 0.15) is 6.33 Å². The lowest BCUT2D eigenvalue weighted by atomic mass is 10.1. The van der Waals surface area contributed by atoms with Crippen LogP contribution in [-0.2, 0) is 0 Å². The van der Waals surface area contributed by atoms with Gasteiger partial charge in [0.05, 0.1) is 17.4 Å². The van der Waals surface area contributed by atoms with Crippen molar-refractivity contribution in [1.82, 2.24) is 24.6 Å². The van der Waals surface area contributed by atoms with Crippen molar-refractivity contribution < 1.29 is 0 Å². The highest BCUT2D eigenvalue weighted by Crippen LogP contribution is 2.21. The molecule has 0 aliphatic rings. The number of fused-ring (bicyclic) bond motifs is 2. The molecule has 0 unspecified atom stereocenters. The molecule has 90 valence electrons. The van der Waals surface area contributed by atoms with Crippen molar-refractivity contribution in [3.8, 4) is 11.3 Å². The molecule has 4 heterocycles. The highest BCUT2D eigenvalue weighted by Gasteiger charge is 2.04. The molecule has 0 amide bonds. The van der Waals surface area contributed by atoms with Gasteiger partial charge in [-0.25, -0.2) is 0 Å². The SMILES string of the molecule is c1cnc2cnc(-c3ccn4cnnc4c3)cc2c1. The third-order valence-electron chi connectivity index (χ3n) is 3.09. The monoisotopic (exact) mass is 247 g/mol. The summed E-state index contributed by atoms with van der Waals surface area (Å²) in [6, 6.07) is 9.96. The molecule has 0 fully saturated rings. The van der Waals surface area contributed by atoms with Gasteiger partial charge >= 0.3 is 0 Å². The largest absolute Gasteiger partial charge is 0.289 e. The molecule has 0 bridgehead atoms. The molecule has 0 N–H and O–H groups in total. The number of nitrogens with zero attached hydrogens (tertiary/aromatic N) is 5. The molecule has 0 spiro atoms. The van der Waals surface area contributed by atoms with Crippen LogP contribution >= 0.6 is 0 Å². The molecule has 0 atom stereocenters. The van der Waals surface area contributed by atoms with E-state index in [1.54, 1.807) is 18.7 Å². The molecule has 5 nitrogen and oxygen atoms in total. The molecule has 0 aromatic carbocycles. The molecule has 0 saturated carbocycles. The Hall–Kier alpha value is -2.82. The number of rotatable bonds is 1. The van der Waals surface area contributed by atoms with Gasteiger partial charge in [-0.1, -0.05) is 6.07 Å². The zero-order chi connectivity index (χ0) is 12.7. The molecule has 0 saturated heterocycles. The minimum absolute atomic E-state index is 0.811. The molecule has 5 heteroatoms. The lowest BCUT2D eigenvalue weighted by molar-refractivity contribution is 1.10. The van der Waals surface area contributed by atoms with Gasteiger partial charge < -0.3 is 0 Å². The fourth-order valence-electron chi connectivity index (χ4n) is 2.11. The zero-order valence-electron chi connectivity index (χ0n) is 9.93. The van der Waals surface area contributed by atoms with Crippen LogP contribution in [0.2, 0.25) is 0 Å². The van der Waals surface area contributed by atoms with E-state index in [0.717, 1.165) is 27.8 Å². The Labute approximate surface area is 108 Å². The Balaban J connectivity index is 1.92. The molecule has 4 rings (SSSR count). The summed E-state index contributed by atoms with van der Waals surface area (Å²) < 4.78 is 1.87. The van der Waals surface area contributed by atoms with Gasteiger partial charge in [0, 0.05) is 23.3 Å². The molecule has 0 radical (unpaired) electrons. The van der Waals surface area contributed by atoms with E-state index in [1.807, 2.05) is 40.9 Å². The predicted molar refractivity (Wildman–Crippen MR) is 71.5 cm³/mol. The van der Waals surface area contributed by atoms with E-state index in [1.165, 1.54) is 0 Å². The summed E-state index contributed by atoms with van der Waals surface area (Å²) in [7, 11) is 0. The summed E-state index contributed by atoms with van der Waals surface area (Å²) in [6.07, 6.45) is 7.17. The molecule has 4 aromatic heterocycles. The van der Waals surface area contributed by atoms with Crippen LogP contribution in [0.15, 0.2) is 55.2 Å². The average molecular weight is 247 g/mol. The summed E-state index contributed by atoms with van der Waals surface area (Å²) >= 11 is 0. The van der Waals surface area contributed by atoms with Gasteiger partial charge in [0.25, 0.3) is 0 Å². The standard InChI is InChI=1S/C14H9N5/c1-2-10-6-12(16-8-13(10)15-4-1)11-3-5-19-9-17-18-14(19)7-11/h1-9H. The summed E-state index contributed by atoms with van der Waals surface area (Å²) in [5, 5.41) is 8.99. The lowest BCUT2D eigenvalue weighted by Gasteiger charge is -2.03. The molecular formula is C14H9N5. The second kappa shape index (κ2) is 3.84. The van der Waals surface area contributed by atoms with E-state index in [-0.39, 0.29) is 0 Å². The topological polar surface area (TPSA) is 56.0 Å². The van der Waals surface area contributed by atoms with Crippen molar-refractivity contribution >= 4 is 16.6 Å². The summed E-state index contributed by atoms with van der Waals surface area (Å²) in [5.74, 6) is 0. The van der Waals surface area contributed by atoms with Crippen LogP contribution in [0.3, 0.4) is 0 Å². The minimum Gasteiger partial charge on any atom is -0.289 e. The van der Waals surface area contributed by atoms with Crippen molar-refractivity contribution in [2.24, 2.45) is 0 Å². The van der Waals surface area contributed by atoms with Gasteiger partial charge in [0.15, 0.2) is 5.65 Å². The first-order valence-corrected chi connectivity index (χ1v) is 5.91. The van der Waals surface area contributed by atoms with Crippen LogP contribution in [0.1, 0.15) is 0 Å². The van der Waals surface area contributed by atoms with Crippen LogP contribution in [0.25, 0.3) is 27.8 Å². The average Bonchev–Trinajstić information content (AvgIpc) is 2.94. The van der Waals surface area contributed by atoms with Gasteiger partial charge in [-0.3, -0.25) is 14.4 Å². The third kappa shape index (κ3) is 1.63. The van der Waals surface area contributed by atoms with Gasteiger partial charge in [-0.15, -0.1) is 10.2 Å². The van der Waals surface area contributed by atoms with Crippen molar-refractivity contribution in [3.05, 3.63) is 55.2 Å². The zero-order valence-corrected chi connectivity index (χ0v) is 9.93. The number of hydrogen-bond donors (Lipinski definition) is 0. The third-order valence-corrected chi connectivity index (χ3v) is 3.09. The first-order chi connectivity index (χ1) is 9.40. The fourth-order valence-corrected chi connectivity index (χ4v) is 2.11. The van der Waals surface area contributed by atoms with Gasteiger partial charge in [0.2, 0.25) is 0 Å². The van der Waals surface area contributed by atoms with Gasteiger partial charge in [-0.05, 0) is 24.3 Å². The first kappa shape index (κ1) is 10.1. The van der Waals surface area contributed by atoms with E-state index in [2.05, 4.69) is 20.2 Å². The maximum absolute atomic E-state index is 4.45. The quantitative estimate of drug-likeness (QED) is 0.518. The van der Waals surface area contributed by atoms with E-state index >= 15 is 0 Å². The van der Waals surface area contributed by atoms with E-state index in [9.17, 15) is 0 Å². The van der Waals surface area contributed by atoms with Crippen LogP contribution in [0.4, 0.5) is 0 Å². The van der Waals surface area contributed by atoms with Crippen LogP contribution < -0.4 is 0 Å². The maximum atomic E-state index is 4.45. The Morgan fingerprint density at radius 2 is 2.05 bits per heavy atom. The van der Waals surface area contributed by atoms with Crippen molar-refractivity contribution in [1.29, 1.82) is 0 Å². The second-order valence-electron chi connectivity index (χ2n) is 4.28. The number of hydrogen-bond acceptors (Lipinski definition) is 4. The molecule has 0 aliphatic carbocycles. The second-order valence-corrected chi connectivity index (χ2v) is 4.28. The van der Waals surface area contributed by atoms with Crippen LogP contribution in [0, 0.1) is 0 Å². The Kier molecular flexibility index (Phi) is 2.05. The lowest BCUT2D eigenvalue weighted by Crippen LogP contribution is -1.88. The summed E-state index contributed by atoms with van der Waals surface area (Å²) in [5.41, 5.74) is 3.64. The minimum atomic E-state index is 0.811. The highest BCUT2D eigenvalue weighted by molar-refractivity contribution is 5.82. The van der Waals surface area contributed by atoms with E-state index in [0.29, 0.717) is 0 Å². The first-order valence-electron chi connectivity index (χ1n) is 5.91. The van der Waals surface area contributed by atoms with E-state index in [4.69, 9.17) is 0 Å². The van der Waals surface area contributed by atoms with Gasteiger partial charge in [-0.2, -0.15) is 0 Å². The van der Waals surface area contributed by atoms with E-state index < -0.39 is 0 Å². The summed E-state index contributed by atoms with van der Waals surface area (Å²) in [6.45, 7) is 0. The highest BCUT2D eigenvalue weighted by atomic mass is 15.2. The molecule has 19 heavy (non-hydrogen) atoms. The smallest absolute Gasteiger partial charge is 0.161 e. The van der Waals surface area contributed by atoms with Crippen molar-refractivity contribution in [3.63, 3.8) is 0 Å². The van der Waals surface area contributed by atoms with Crippen molar-refractivity contribution in [2.45, 2.75) is 0 Å². The Bertz CT molecular complexity index is 881. The van der Waals surface area contributed by atoms with Crippen LogP contribution in [-0.4, -0.2) is 24.6 Å². The van der Waals surface area contributed by atoms with Crippen LogP contribution in [0.5, 0.6) is 0 Å². The Morgan fingerprint density at radius 1 is 1.05 bits per heavy atom. The normalized spacial score (nSPS) is 11.2. The Morgan fingerprint density at radius 3 is 3.05 bits per heavy atom. The maximum Gasteiger partial charge on any atom is 0.161 e. The molecule has 0 aliphatic heterocycles. The molecule has 4 aromatic rings. The number of aromatic nitrogens is 5. The fraction of sp³-hybridized carbons (Fsp3) is 0. The number of pyridine rings is 3.